The van der Waals surface area contributed by atoms with Crippen molar-refractivity contribution < 1.29 is 17.9 Å². The number of amides is 1. The van der Waals surface area contributed by atoms with E-state index in [4.69, 9.17) is 4.74 Å². The normalized spacial score (nSPS) is 12.7. The first-order chi connectivity index (χ1) is 12.7. The maximum atomic E-state index is 12.6. The van der Waals surface area contributed by atoms with Crippen LogP contribution in [0, 0.1) is 0 Å². The summed E-state index contributed by atoms with van der Waals surface area (Å²) >= 11 is 1.65. The molecule has 1 amide bonds. The van der Waals surface area contributed by atoms with Gasteiger partial charge in [0.2, 0.25) is 10.0 Å². The Labute approximate surface area is 165 Å². The molecule has 0 saturated heterocycles. The molecule has 6 nitrogen and oxygen atoms in total. The van der Waals surface area contributed by atoms with Crippen LogP contribution in [0.3, 0.4) is 0 Å². The van der Waals surface area contributed by atoms with E-state index in [1.807, 2.05) is 37.4 Å². The number of hydrogen-bond donors (Lipinski definition) is 1. The van der Waals surface area contributed by atoms with Crippen LogP contribution in [0.2, 0.25) is 0 Å². The van der Waals surface area contributed by atoms with Crippen LogP contribution in [0.5, 0.6) is 5.75 Å². The molecule has 0 aromatic heterocycles. The third kappa shape index (κ3) is 4.82. The number of ether oxygens (including phenoxy) is 1. The van der Waals surface area contributed by atoms with E-state index < -0.39 is 10.0 Å². The first kappa shape index (κ1) is 21.3. The number of rotatable bonds is 7. The summed E-state index contributed by atoms with van der Waals surface area (Å²) < 4.78 is 31.2. The van der Waals surface area contributed by atoms with Gasteiger partial charge in [0, 0.05) is 24.6 Å². The summed E-state index contributed by atoms with van der Waals surface area (Å²) in [5.41, 5.74) is 1.22. The summed E-state index contributed by atoms with van der Waals surface area (Å²) in [6, 6.07) is 12.1. The van der Waals surface area contributed by atoms with Crippen molar-refractivity contribution in [3.8, 4) is 5.75 Å². The number of nitrogens with one attached hydrogen (secondary N) is 1. The van der Waals surface area contributed by atoms with Crippen molar-refractivity contribution in [3.63, 3.8) is 0 Å². The van der Waals surface area contributed by atoms with E-state index in [0.29, 0.717) is 0 Å². The predicted octanol–water partition coefficient (Wildman–Crippen LogP) is 3.16. The zero-order valence-corrected chi connectivity index (χ0v) is 17.6. The van der Waals surface area contributed by atoms with E-state index >= 15 is 0 Å². The topological polar surface area (TPSA) is 75.7 Å². The van der Waals surface area contributed by atoms with E-state index in [2.05, 4.69) is 5.32 Å². The highest BCUT2D eigenvalue weighted by atomic mass is 32.2. The number of carbonyl (C=O) groups excluding carboxylic acids is 1. The molecule has 8 heteroatoms. The molecule has 1 N–H and O–H groups in total. The number of benzene rings is 2. The Bertz CT molecular complexity index is 910. The average molecular weight is 409 g/mol. The van der Waals surface area contributed by atoms with Crippen molar-refractivity contribution >= 4 is 27.7 Å². The van der Waals surface area contributed by atoms with Crippen LogP contribution in [0.15, 0.2) is 52.3 Å². The molecule has 0 aliphatic rings. The monoisotopic (exact) mass is 408 g/mol. The summed E-state index contributed by atoms with van der Waals surface area (Å²) in [4.78, 5) is 13.7. The molecule has 2 rings (SSSR count). The van der Waals surface area contributed by atoms with Gasteiger partial charge in [0.1, 0.15) is 10.6 Å². The standard InChI is InChI=1S/C19H24N2O4S2/c1-13(14-6-9-16(26-5)10-7-14)20-19(22)15-8-11-17(25-4)18(12-15)27(23,24)21(2)3/h6-13H,1-5H3,(H,20,22)/t13-/m0/s1. The molecule has 0 aliphatic heterocycles. The molecule has 0 bridgehead atoms. The van der Waals surface area contributed by atoms with Gasteiger partial charge in [0.25, 0.3) is 5.91 Å². The van der Waals surface area contributed by atoms with Gasteiger partial charge in [-0.3, -0.25) is 4.79 Å². The fourth-order valence-electron chi connectivity index (χ4n) is 2.47. The van der Waals surface area contributed by atoms with Gasteiger partial charge in [0.05, 0.1) is 13.2 Å². The number of methoxy groups -OCH3 is 1. The molecule has 0 saturated carbocycles. The Morgan fingerprint density at radius 2 is 1.78 bits per heavy atom. The molecule has 0 heterocycles. The summed E-state index contributed by atoms with van der Waals surface area (Å²) in [6.45, 7) is 1.88. The van der Waals surface area contributed by atoms with E-state index in [9.17, 15) is 13.2 Å². The smallest absolute Gasteiger partial charge is 0.251 e. The minimum absolute atomic E-state index is 0.0420. The lowest BCUT2D eigenvalue weighted by Gasteiger charge is -2.17. The van der Waals surface area contributed by atoms with Crippen molar-refractivity contribution in [2.24, 2.45) is 0 Å². The molecular weight excluding hydrogens is 384 g/mol. The average Bonchev–Trinajstić information content (AvgIpc) is 2.67. The highest BCUT2D eigenvalue weighted by Crippen LogP contribution is 2.27. The fraction of sp³-hybridized carbons (Fsp3) is 0.316. The number of hydrogen-bond acceptors (Lipinski definition) is 5. The molecule has 27 heavy (non-hydrogen) atoms. The van der Waals surface area contributed by atoms with Gasteiger partial charge >= 0.3 is 0 Å². The zero-order chi connectivity index (χ0) is 20.2. The van der Waals surface area contributed by atoms with Crippen molar-refractivity contribution in [1.82, 2.24) is 9.62 Å². The molecule has 0 fully saturated rings. The third-order valence-electron chi connectivity index (χ3n) is 4.15. The maximum absolute atomic E-state index is 12.6. The first-order valence-electron chi connectivity index (χ1n) is 8.26. The second-order valence-corrected chi connectivity index (χ2v) is 9.12. The summed E-state index contributed by atoms with van der Waals surface area (Å²) in [6.07, 6.45) is 2.00. The van der Waals surface area contributed by atoms with Gasteiger partial charge in [0.15, 0.2) is 0 Å². The minimum atomic E-state index is -3.74. The van der Waals surface area contributed by atoms with Crippen molar-refractivity contribution in [2.45, 2.75) is 22.8 Å². The molecule has 0 spiro atoms. The van der Waals surface area contributed by atoms with Crippen molar-refractivity contribution in [3.05, 3.63) is 53.6 Å². The number of nitrogens with zero attached hydrogens (tertiary/aromatic N) is 1. The fourth-order valence-corrected chi connectivity index (χ4v) is 3.96. The Morgan fingerprint density at radius 3 is 2.30 bits per heavy atom. The second kappa shape index (κ2) is 8.77. The zero-order valence-electron chi connectivity index (χ0n) is 16.0. The van der Waals surface area contributed by atoms with Crippen LogP contribution >= 0.6 is 11.8 Å². The Kier molecular flexibility index (Phi) is 6.91. The first-order valence-corrected chi connectivity index (χ1v) is 10.9. The molecule has 2 aromatic rings. The largest absolute Gasteiger partial charge is 0.495 e. The number of carbonyl (C=O) groups is 1. The quantitative estimate of drug-likeness (QED) is 0.712. The molecule has 146 valence electrons. The molecule has 1 atom stereocenters. The van der Waals surface area contributed by atoms with Crippen LogP contribution in [0.1, 0.15) is 28.9 Å². The summed E-state index contributed by atoms with van der Waals surface area (Å²) in [7, 11) is 0.520. The Morgan fingerprint density at radius 1 is 1.15 bits per heavy atom. The molecule has 0 radical (unpaired) electrons. The minimum Gasteiger partial charge on any atom is -0.495 e. The molecule has 0 aliphatic carbocycles. The highest BCUT2D eigenvalue weighted by molar-refractivity contribution is 7.98. The lowest BCUT2D eigenvalue weighted by Crippen LogP contribution is -2.27. The second-order valence-electron chi connectivity index (χ2n) is 6.12. The summed E-state index contributed by atoms with van der Waals surface area (Å²) in [5, 5.41) is 2.90. The van der Waals surface area contributed by atoms with Crippen LogP contribution < -0.4 is 10.1 Å². The van der Waals surface area contributed by atoms with E-state index in [1.165, 1.54) is 33.3 Å². The van der Waals surface area contributed by atoms with Crippen molar-refractivity contribution in [1.29, 1.82) is 0 Å². The van der Waals surface area contributed by atoms with Crippen LogP contribution in [-0.4, -0.2) is 46.1 Å². The van der Waals surface area contributed by atoms with E-state index in [-0.39, 0.29) is 28.2 Å². The van der Waals surface area contributed by atoms with Crippen LogP contribution in [0.25, 0.3) is 0 Å². The predicted molar refractivity (Wildman–Crippen MR) is 108 cm³/mol. The maximum Gasteiger partial charge on any atom is 0.251 e. The molecule has 0 unspecified atom stereocenters. The lowest BCUT2D eigenvalue weighted by atomic mass is 10.1. The number of sulfonamides is 1. The molecular formula is C19H24N2O4S2. The molecule has 2 aromatic carbocycles. The highest BCUT2D eigenvalue weighted by Gasteiger charge is 2.24. The van der Waals surface area contributed by atoms with Gasteiger partial charge in [-0.05, 0) is 49.1 Å². The lowest BCUT2D eigenvalue weighted by molar-refractivity contribution is 0.0939. The summed E-state index contributed by atoms with van der Waals surface area (Å²) in [5.74, 6) is -0.157. The van der Waals surface area contributed by atoms with E-state index in [0.717, 1.165) is 14.8 Å². The Balaban J connectivity index is 2.28. The number of thioether (sulfide) groups is 1. The van der Waals surface area contributed by atoms with Crippen LogP contribution in [-0.2, 0) is 10.0 Å². The SMILES string of the molecule is COc1ccc(C(=O)N[C@@H](C)c2ccc(SC)cc2)cc1S(=O)(=O)N(C)C. The van der Waals surface area contributed by atoms with E-state index in [1.54, 1.807) is 17.8 Å². The van der Waals surface area contributed by atoms with Crippen molar-refractivity contribution in [2.75, 3.05) is 27.5 Å². The van der Waals surface area contributed by atoms with Gasteiger partial charge in [-0.25, -0.2) is 12.7 Å². The van der Waals surface area contributed by atoms with Gasteiger partial charge in [-0.2, -0.15) is 0 Å². The van der Waals surface area contributed by atoms with Gasteiger partial charge in [-0.1, -0.05) is 12.1 Å². The third-order valence-corrected chi connectivity index (χ3v) is 6.73. The van der Waals surface area contributed by atoms with Gasteiger partial charge in [-0.15, -0.1) is 11.8 Å². The van der Waals surface area contributed by atoms with Gasteiger partial charge < -0.3 is 10.1 Å². The Hall–Kier alpha value is -2.03. The van der Waals surface area contributed by atoms with Crippen LogP contribution in [0.4, 0.5) is 0 Å².